The predicted octanol–water partition coefficient (Wildman–Crippen LogP) is -0.911. The lowest BCUT2D eigenvalue weighted by atomic mass is 10.8. The maximum absolute atomic E-state index is 9.46. The molecule has 1 fully saturated rings. The van der Waals surface area contributed by atoms with Gasteiger partial charge in [0.05, 0.1) is 6.61 Å². The quantitative estimate of drug-likeness (QED) is 0.350. The molecular formula is C3H5NO2. The number of amides is 1. The molecule has 0 aliphatic carbocycles. The zero-order chi connectivity index (χ0) is 4.41. The summed E-state index contributed by atoms with van der Waals surface area (Å²) < 4.78 is 4.61. The third-order valence-electron chi connectivity index (χ3n) is 0.587. The summed E-state index contributed by atoms with van der Waals surface area (Å²) in [6.07, 6.45) is 0.667. The Hall–Kier alpha value is -0.570. The van der Waals surface area contributed by atoms with Crippen LogP contribution < -0.4 is 5.32 Å². The lowest BCUT2D eigenvalue weighted by Gasteiger charge is -1.79. The SMILES string of the molecule is O=CNC1CO1. The second-order valence-electron chi connectivity index (χ2n) is 1.11. The monoisotopic (exact) mass is 87.0 g/mol. The van der Waals surface area contributed by atoms with E-state index in [1.165, 1.54) is 0 Å². The van der Waals surface area contributed by atoms with Gasteiger partial charge in [-0.3, -0.25) is 4.79 Å². The molecule has 0 aromatic carbocycles. The highest BCUT2D eigenvalue weighted by atomic mass is 16.6. The minimum Gasteiger partial charge on any atom is -0.351 e. The Morgan fingerprint density at radius 3 is 2.83 bits per heavy atom. The van der Waals surface area contributed by atoms with E-state index in [9.17, 15) is 4.79 Å². The standard InChI is InChI=1S/C3H5NO2/c5-2-4-3-1-6-3/h2-3H,1H2,(H,4,5). The zero-order valence-corrected chi connectivity index (χ0v) is 3.18. The average Bonchev–Trinajstić information content (AvgIpc) is 2.21. The van der Waals surface area contributed by atoms with Crippen molar-refractivity contribution >= 4 is 6.41 Å². The first-order valence-electron chi connectivity index (χ1n) is 1.75. The molecule has 0 bridgehead atoms. The normalized spacial score (nSPS) is 29.0. The second kappa shape index (κ2) is 1.26. The second-order valence-corrected chi connectivity index (χ2v) is 1.11. The summed E-state index contributed by atoms with van der Waals surface area (Å²) in [5.74, 6) is 0. The predicted molar refractivity (Wildman–Crippen MR) is 18.9 cm³/mol. The number of carbonyl (C=O) groups is 1. The molecule has 1 rings (SSSR count). The summed E-state index contributed by atoms with van der Waals surface area (Å²) in [5, 5.41) is 2.42. The average molecular weight is 87.1 g/mol. The molecule has 3 heteroatoms. The number of nitrogens with one attached hydrogen (secondary N) is 1. The highest BCUT2D eigenvalue weighted by Crippen LogP contribution is 2.00. The number of hydrogen-bond acceptors (Lipinski definition) is 2. The number of carbonyl (C=O) groups excluding carboxylic acids is 1. The molecule has 3 nitrogen and oxygen atoms in total. The van der Waals surface area contributed by atoms with Gasteiger partial charge in [-0.15, -0.1) is 0 Å². The number of rotatable bonds is 2. The highest BCUT2D eigenvalue weighted by molar-refractivity contribution is 5.46. The van der Waals surface area contributed by atoms with E-state index in [0.29, 0.717) is 13.0 Å². The van der Waals surface area contributed by atoms with Crippen molar-refractivity contribution in [2.24, 2.45) is 0 Å². The molecule has 1 saturated heterocycles. The smallest absolute Gasteiger partial charge is 0.209 e. The minimum absolute atomic E-state index is 0.0301. The molecule has 0 aromatic heterocycles. The first-order chi connectivity index (χ1) is 2.93. The van der Waals surface area contributed by atoms with Crippen LogP contribution in [0, 0.1) is 0 Å². The van der Waals surface area contributed by atoms with Crippen LogP contribution in [0.5, 0.6) is 0 Å². The molecule has 1 aliphatic heterocycles. The van der Waals surface area contributed by atoms with Gasteiger partial charge in [-0.25, -0.2) is 0 Å². The third-order valence-corrected chi connectivity index (χ3v) is 0.587. The fraction of sp³-hybridized carbons (Fsp3) is 0.667. The zero-order valence-electron chi connectivity index (χ0n) is 3.18. The van der Waals surface area contributed by atoms with Crippen LogP contribution in [-0.4, -0.2) is 19.2 Å². The lowest BCUT2D eigenvalue weighted by molar-refractivity contribution is -0.110. The van der Waals surface area contributed by atoms with E-state index in [1.54, 1.807) is 0 Å². The molecule has 1 unspecified atom stereocenters. The Kier molecular flexibility index (Phi) is 0.759. The first-order valence-corrected chi connectivity index (χ1v) is 1.75. The summed E-state index contributed by atoms with van der Waals surface area (Å²) in [4.78, 5) is 9.46. The van der Waals surface area contributed by atoms with Crippen molar-refractivity contribution < 1.29 is 9.53 Å². The van der Waals surface area contributed by atoms with E-state index in [1.807, 2.05) is 0 Å². The molecule has 1 aliphatic rings. The van der Waals surface area contributed by atoms with Crippen LogP contribution in [0.15, 0.2) is 0 Å². The molecule has 1 atom stereocenters. The molecule has 6 heavy (non-hydrogen) atoms. The van der Waals surface area contributed by atoms with Crippen LogP contribution in [-0.2, 0) is 9.53 Å². The van der Waals surface area contributed by atoms with Gasteiger partial charge in [0.1, 0.15) is 0 Å². The molecule has 0 aromatic rings. The molecule has 0 radical (unpaired) electrons. The van der Waals surface area contributed by atoms with Gasteiger partial charge in [-0.05, 0) is 0 Å². The lowest BCUT2D eigenvalue weighted by Crippen LogP contribution is -2.13. The summed E-state index contributed by atoms with van der Waals surface area (Å²) in [6.45, 7) is 0.679. The fourth-order valence-corrected chi connectivity index (χ4v) is 0.220. The largest absolute Gasteiger partial charge is 0.351 e. The van der Waals surface area contributed by atoms with Crippen LogP contribution in [0.1, 0.15) is 0 Å². The fourth-order valence-electron chi connectivity index (χ4n) is 0.220. The summed E-state index contributed by atoms with van der Waals surface area (Å²) in [7, 11) is 0. The van der Waals surface area contributed by atoms with Gasteiger partial charge in [-0.1, -0.05) is 0 Å². The van der Waals surface area contributed by atoms with E-state index in [-0.39, 0.29) is 6.23 Å². The molecule has 1 N–H and O–H groups in total. The molecule has 0 saturated carbocycles. The Labute approximate surface area is 35.3 Å². The van der Waals surface area contributed by atoms with Crippen LogP contribution in [0.25, 0.3) is 0 Å². The van der Waals surface area contributed by atoms with Crippen molar-refractivity contribution in [3.05, 3.63) is 0 Å². The molecule has 34 valence electrons. The molecule has 0 spiro atoms. The number of ether oxygens (including phenoxy) is 1. The Bertz CT molecular complexity index is 59.8. The van der Waals surface area contributed by atoms with E-state index < -0.39 is 0 Å². The maximum Gasteiger partial charge on any atom is 0.209 e. The highest BCUT2D eigenvalue weighted by Gasteiger charge is 2.19. The third kappa shape index (κ3) is 0.687. The van der Waals surface area contributed by atoms with Gasteiger partial charge in [0.15, 0.2) is 6.23 Å². The van der Waals surface area contributed by atoms with Gasteiger partial charge in [0, 0.05) is 0 Å². The van der Waals surface area contributed by atoms with Crippen molar-refractivity contribution in [2.75, 3.05) is 6.61 Å². The summed E-state index contributed by atoms with van der Waals surface area (Å²) in [6, 6.07) is 0. The van der Waals surface area contributed by atoms with Gasteiger partial charge in [0.2, 0.25) is 6.41 Å². The molecular weight excluding hydrogens is 82.0 g/mol. The van der Waals surface area contributed by atoms with Gasteiger partial charge >= 0.3 is 0 Å². The van der Waals surface area contributed by atoms with Gasteiger partial charge < -0.3 is 10.1 Å². The van der Waals surface area contributed by atoms with E-state index in [4.69, 9.17) is 0 Å². The van der Waals surface area contributed by atoms with Crippen LogP contribution >= 0.6 is 0 Å². The Morgan fingerprint density at radius 1 is 2.00 bits per heavy atom. The van der Waals surface area contributed by atoms with Crippen LogP contribution in [0.2, 0.25) is 0 Å². The van der Waals surface area contributed by atoms with Gasteiger partial charge in [0.25, 0.3) is 0 Å². The van der Waals surface area contributed by atoms with Crippen molar-refractivity contribution in [2.45, 2.75) is 6.23 Å². The van der Waals surface area contributed by atoms with Crippen molar-refractivity contribution in [3.8, 4) is 0 Å². The van der Waals surface area contributed by atoms with Gasteiger partial charge in [-0.2, -0.15) is 0 Å². The Balaban J connectivity index is 2.00. The number of hydrogen-bond donors (Lipinski definition) is 1. The number of epoxide rings is 1. The molecule has 1 heterocycles. The van der Waals surface area contributed by atoms with E-state index >= 15 is 0 Å². The van der Waals surface area contributed by atoms with E-state index in [0.717, 1.165) is 0 Å². The van der Waals surface area contributed by atoms with Crippen molar-refractivity contribution in [3.63, 3.8) is 0 Å². The summed E-state index contributed by atoms with van der Waals surface area (Å²) in [5.41, 5.74) is 0. The van der Waals surface area contributed by atoms with E-state index in [2.05, 4.69) is 10.1 Å². The summed E-state index contributed by atoms with van der Waals surface area (Å²) >= 11 is 0. The van der Waals surface area contributed by atoms with Crippen molar-refractivity contribution in [1.29, 1.82) is 0 Å². The topological polar surface area (TPSA) is 41.6 Å². The molecule has 1 amide bonds. The van der Waals surface area contributed by atoms with Crippen LogP contribution in [0.3, 0.4) is 0 Å². The Morgan fingerprint density at radius 2 is 2.67 bits per heavy atom. The minimum atomic E-state index is 0.0301. The van der Waals surface area contributed by atoms with Crippen molar-refractivity contribution in [1.82, 2.24) is 5.32 Å². The maximum atomic E-state index is 9.46. The van der Waals surface area contributed by atoms with Crippen LogP contribution in [0.4, 0.5) is 0 Å². The first kappa shape index (κ1) is 3.61.